The van der Waals surface area contributed by atoms with Crippen LogP contribution in [0.15, 0.2) is 24.3 Å². The highest BCUT2D eigenvalue weighted by Gasteiger charge is 2.11. The second-order valence-electron chi connectivity index (χ2n) is 3.02. The topological polar surface area (TPSA) is 52.0 Å². The predicted molar refractivity (Wildman–Crippen MR) is 52.7 cm³/mol. The van der Waals surface area contributed by atoms with Gasteiger partial charge in [-0.2, -0.15) is 0 Å². The molecule has 0 aromatic heterocycles. The SMILES string of the molecule is Nc1ccc(F)c2c(N)ccc(F)c12. The standard InChI is InChI=1S/C10H8F2N2/c11-5-1-3-7(13)10-6(12)2-4-8(14)9(5)10/h1-4H,13-14H2. The molecule has 0 amide bonds. The summed E-state index contributed by atoms with van der Waals surface area (Å²) in [4.78, 5) is 0. The molecule has 4 N–H and O–H groups in total. The molecule has 2 aromatic rings. The molecule has 4 heteroatoms. The molecule has 0 saturated carbocycles. The molecule has 0 heterocycles. The van der Waals surface area contributed by atoms with E-state index in [2.05, 4.69) is 0 Å². The number of hydrogen-bond donors (Lipinski definition) is 2. The van der Waals surface area contributed by atoms with Crippen LogP contribution >= 0.6 is 0 Å². The Kier molecular flexibility index (Phi) is 1.77. The summed E-state index contributed by atoms with van der Waals surface area (Å²) in [6.07, 6.45) is 0. The molecule has 0 atom stereocenters. The van der Waals surface area contributed by atoms with Gasteiger partial charge in [-0.25, -0.2) is 8.78 Å². The van der Waals surface area contributed by atoms with Crippen LogP contribution in [0.1, 0.15) is 0 Å². The van der Waals surface area contributed by atoms with Crippen molar-refractivity contribution in [1.29, 1.82) is 0 Å². The zero-order chi connectivity index (χ0) is 10.3. The van der Waals surface area contributed by atoms with E-state index in [1.807, 2.05) is 0 Å². The summed E-state index contributed by atoms with van der Waals surface area (Å²) < 4.78 is 26.6. The van der Waals surface area contributed by atoms with Crippen LogP contribution in [0.5, 0.6) is 0 Å². The van der Waals surface area contributed by atoms with E-state index in [0.29, 0.717) is 0 Å². The monoisotopic (exact) mass is 194 g/mol. The maximum atomic E-state index is 13.3. The maximum Gasteiger partial charge on any atom is 0.133 e. The normalized spacial score (nSPS) is 10.7. The molecule has 0 fully saturated rings. The molecule has 0 aliphatic rings. The lowest BCUT2D eigenvalue weighted by atomic mass is 10.1. The Labute approximate surface area is 79.1 Å². The highest BCUT2D eigenvalue weighted by molar-refractivity contribution is 6.00. The van der Waals surface area contributed by atoms with Crippen molar-refractivity contribution in [2.24, 2.45) is 0 Å². The Hall–Kier alpha value is -1.84. The van der Waals surface area contributed by atoms with Gasteiger partial charge in [0.15, 0.2) is 0 Å². The fourth-order valence-electron chi connectivity index (χ4n) is 1.46. The minimum absolute atomic E-state index is 0.0463. The van der Waals surface area contributed by atoms with Gasteiger partial charge in [-0.05, 0) is 24.3 Å². The third kappa shape index (κ3) is 1.08. The van der Waals surface area contributed by atoms with Crippen LogP contribution in [0.2, 0.25) is 0 Å². The van der Waals surface area contributed by atoms with E-state index in [0.717, 1.165) is 0 Å². The molecule has 0 radical (unpaired) electrons. The highest BCUT2D eigenvalue weighted by atomic mass is 19.1. The summed E-state index contributed by atoms with van der Waals surface area (Å²) in [5.41, 5.74) is 11.4. The van der Waals surface area contributed by atoms with Crippen LogP contribution < -0.4 is 11.5 Å². The Balaban J connectivity index is 3.05. The molecule has 0 bridgehead atoms. The van der Waals surface area contributed by atoms with Crippen molar-refractivity contribution in [3.05, 3.63) is 35.9 Å². The highest BCUT2D eigenvalue weighted by Crippen LogP contribution is 2.30. The minimum Gasteiger partial charge on any atom is -0.398 e. The molecule has 72 valence electrons. The van der Waals surface area contributed by atoms with Crippen LogP contribution in [-0.2, 0) is 0 Å². The third-order valence-electron chi connectivity index (χ3n) is 2.12. The van der Waals surface area contributed by atoms with E-state index in [4.69, 9.17) is 11.5 Å². The molecule has 2 rings (SSSR count). The first-order valence-electron chi connectivity index (χ1n) is 4.03. The van der Waals surface area contributed by atoms with Gasteiger partial charge in [-0.15, -0.1) is 0 Å². The molecule has 14 heavy (non-hydrogen) atoms. The molecule has 2 aromatic carbocycles. The average molecular weight is 194 g/mol. The van der Waals surface area contributed by atoms with Crippen molar-refractivity contribution >= 4 is 22.1 Å². The summed E-state index contributed by atoms with van der Waals surface area (Å²) in [6.45, 7) is 0. The molecule has 0 spiro atoms. The number of fused-ring (bicyclic) bond motifs is 1. The molecule has 0 unspecified atom stereocenters. The van der Waals surface area contributed by atoms with E-state index in [-0.39, 0.29) is 22.1 Å². The molecular weight excluding hydrogens is 186 g/mol. The number of nitrogens with two attached hydrogens (primary N) is 2. The summed E-state index contributed by atoms with van der Waals surface area (Å²) in [6, 6.07) is 4.99. The van der Waals surface area contributed by atoms with Crippen molar-refractivity contribution < 1.29 is 8.78 Å². The maximum absolute atomic E-state index is 13.3. The van der Waals surface area contributed by atoms with Gasteiger partial charge in [0.2, 0.25) is 0 Å². The first-order valence-corrected chi connectivity index (χ1v) is 4.03. The second-order valence-corrected chi connectivity index (χ2v) is 3.02. The first-order chi connectivity index (χ1) is 6.61. The van der Waals surface area contributed by atoms with Crippen LogP contribution in [0.25, 0.3) is 10.8 Å². The molecular formula is C10H8F2N2. The number of anilines is 2. The van der Waals surface area contributed by atoms with Crippen LogP contribution in [0.3, 0.4) is 0 Å². The van der Waals surface area contributed by atoms with E-state index in [1.54, 1.807) is 0 Å². The van der Waals surface area contributed by atoms with E-state index in [1.165, 1.54) is 24.3 Å². The van der Waals surface area contributed by atoms with Gasteiger partial charge in [0.05, 0.1) is 0 Å². The summed E-state index contributed by atoms with van der Waals surface area (Å²) in [5, 5.41) is 0.0926. The number of hydrogen-bond acceptors (Lipinski definition) is 2. The minimum atomic E-state index is -0.564. The Bertz CT molecular complexity index is 420. The van der Waals surface area contributed by atoms with Gasteiger partial charge in [0, 0.05) is 22.1 Å². The van der Waals surface area contributed by atoms with E-state index >= 15 is 0 Å². The van der Waals surface area contributed by atoms with Crippen LogP contribution in [-0.4, -0.2) is 0 Å². The lowest BCUT2D eigenvalue weighted by molar-refractivity contribution is 0.629. The van der Waals surface area contributed by atoms with Crippen LogP contribution in [0.4, 0.5) is 20.2 Å². The van der Waals surface area contributed by atoms with Gasteiger partial charge in [-0.1, -0.05) is 0 Å². The lowest BCUT2D eigenvalue weighted by Crippen LogP contribution is -1.96. The third-order valence-corrected chi connectivity index (χ3v) is 2.12. The average Bonchev–Trinajstić information content (AvgIpc) is 2.16. The fourth-order valence-corrected chi connectivity index (χ4v) is 1.46. The van der Waals surface area contributed by atoms with Crippen molar-refractivity contribution in [1.82, 2.24) is 0 Å². The zero-order valence-corrected chi connectivity index (χ0v) is 7.22. The molecule has 0 aliphatic heterocycles. The number of halogens is 2. The quantitative estimate of drug-likeness (QED) is 0.632. The van der Waals surface area contributed by atoms with Crippen molar-refractivity contribution in [2.75, 3.05) is 11.5 Å². The van der Waals surface area contributed by atoms with Crippen molar-refractivity contribution in [3.8, 4) is 0 Å². The Morgan fingerprint density at radius 1 is 0.714 bits per heavy atom. The predicted octanol–water partition coefficient (Wildman–Crippen LogP) is 2.28. The zero-order valence-electron chi connectivity index (χ0n) is 7.22. The molecule has 0 aliphatic carbocycles. The van der Waals surface area contributed by atoms with E-state index < -0.39 is 11.6 Å². The van der Waals surface area contributed by atoms with Gasteiger partial charge >= 0.3 is 0 Å². The second kappa shape index (κ2) is 2.83. The molecule has 0 saturated heterocycles. The first kappa shape index (κ1) is 8.74. The number of rotatable bonds is 0. The number of nitrogen functional groups attached to an aromatic ring is 2. The van der Waals surface area contributed by atoms with Gasteiger partial charge in [-0.3, -0.25) is 0 Å². The Morgan fingerprint density at radius 2 is 1.07 bits per heavy atom. The lowest BCUT2D eigenvalue weighted by Gasteiger charge is -2.06. The van der Waals surface area contributed by atoms with Crippen molar-refractivity contribution in [2.45, 2.75) is 0 Å². The Morgan fingerprint density at radius 3 is 1.43 bits per heavy atom. The summed E-state index contributed by atoms with van der Waals surface area (Å²) in [7, 11) is 0. The number of benzene rings is 2. The molecule has 2 nitrogen and oxygen atoms in total. The largest absolute Gasteiger partial charge is 0.398 e. The van der Waals surface area contributed by atoms with Crippen LogP contribution in [0, 0.1) is 11.6 Å². The van der Waals surface area contributed by atoms with Gasteiger partial charge in [0.1, 0.15) is 11.6 Å². The van der Waals surface area contributed by atoms with Gasteiger partial charge in [0.25, 0.3) is 0 Å². The summed E-state index contributed by atoms with van der Waals surface area (Å²) >= 11 is 0. The fraction of sp³-hybridized carbons (Fsp3) is 0. The smallest absolute Gasteiger partial charge is 0.133 e. The van der Waals surface area contributed by atoms with Crippen molar-refractivity contribution in [3.63, 3.8) is 0 Å². The van der Waals surface area contributed by atoms with E-state index in [9.17, 15) is 8.78 Å². The summed E-state index contributed by atoms with van der Waals surface area (Å²) in [5.74, 6) is -1.13. The van der Waals surface area contributed by atoms with Gasteiger partial charge < -0.3 is 11.5 Å².